The summed E-state index contributed by atoms with van der Waals surface area (Å²) in [5.74, 6) is 5.12. The Labute approximate surface area is 517 Å². The number of ether oxygens (including phenoxy) is 4. The first-order valence-corrected chi connectivity index (χ1v) is 31.6. The third-order valence-corrected chi connectivity index (χ3v) is 22.1. The summed E-state index contributed by atoms with van der Waals surface area (Å²) in [7, 11) is 0. The smallest absolute Gasteiger partial charge is 0.264 e. The van der Waals surface area contributed by atoms with E-state index in [1.54, 1.807) is 0 Å². The lowest BCUT2D eigenvalue weighted by Crippen LogP contribution is -2.59. The average molecular weight is 1170 g/mol. The molecule has 0 unspecified atom stereocenters. The topological polar surface area (TPSA) is 80.3 Å². The maximum atomic E-state index is 7.87. The molecular weight excluding hydrogens is 1130 g/mol. The maximum absolute atomic E-state index is 7.87. The number of hydrogen-bond acceptors (Lipinski definition) is 6. The Kier molecular flexibility index (Phi) is 7.21. The van der Waals surface area contributed by atoms with Crippen LogP contribution in [0.1, 0.15) is 0 Å². The van der Waals surface area contributed by atoms with E-state index in [0.717, 1.165) is 175 Å². The van der Waals surface area contributed by atoms with Crippen molar-refractivity contribution < 1.29 is 18.9 Å². The molecule has 92 heavy (non-hydrogen) atoms. The number of hydrogen-bond donors (Lipinski definition) is 0. The van der Waals surface area contributed by atoms with Crippen LogP contribution in [0.15, 0.2) is 218 Å². The van der Waals surface area contributed by atoms with E-state index in [4.69, 9.17) is 28.9 Å². The van der Waals surface area contributed by atoms with Crippen LogP contribution >= 0.6 is 0 Å². The van der Waals surface area contributed by atoms with Crippen molar-refractivity contribution in [2.45, 2.75) is 0 Å². The molecule has 0 saturated carbocycles. The van der Waals surface area contributed by atoms with E-state index in [2.05, 4.69) is 236 Å². The summed E-state index contributed by atoms with van der Waals surface area (Å²) >= 11 is 0. The minimum Gasteiger partial charge on any atom is -0.456 e. The Morgan fingerprint density at radius 3 is 0.739 bits per heavy atom. The standard InChI is InChI=1S/C80H36B2N6O4/c1-9-25-49-37(17-1)45-33-57-65(61-41-21-5-13-29-53(41)85(49)73(45)61)81-67-59(35-47-39-19-3-11-27-51(39)87-55-31-15-7-23-43(55)63(67)75(47)87)91-79-69(81)77(89-57)71-72(84-79)78-70-80(83-71)92-60-36-48-40-20-4-12-28-52(40)88-56-32-16-8-24-44(56)64(76(48)88)68(60)82(70)66-58(90-78)34-46-38-18-2-10-26-50(38)86-54-30-14-6-22-42(54)62(66)74(46)86/h1-36H. The highest BCUT2D eigenvalue weighted by atomic mass is 16.5. The van der Waals surface area contributed by atoms with Crippen molar-refractivity contribution in [2.24, 2.45) is 0 Å². The third-order valence-electron chi connectivity index (χ3n) is 22.1. The molecule has 14 heterocycles. The zero-order chi connectivity index (χ0) is 58.6. The third kappa shape index (κ3) is 4.71. The zero-order valence-corrected chi connectivity index (χ0v) is 48.3. The fourth-order valence-corrected chi connectivity index (χ4v) is 18.9. The van der Waals surface area contributed by atoms with Crippen LogP contribution in [0, 0.1) is 0 Å². The molecule has 4 aliphatic heterocycles. The molecule has 0 amide bonds. The lowest BCUT2D eigenvalue weighted by Gasteiger charge is -2.36. The van der Waals surface area contributed by atoms with Crippen molar-refractivity contribution in [1.29, 1.82) is 0 Å². The number of rotatable bonds is 0. The molecule has 0 spiro atoms. The van der Waals surface area contributed by atoms with Crippen molar-refractivity contribution in [3.05, 3.63) is 218 Å². The van der Waals surface area contributed by atoms with Gasteiger partial charge in [-0.25, -0.2) is 9.97 Å². The number of fused-ring (bicyclic) bond motifs is 39. The molecule has 12 aromatic carbocycles. The van der Waals surface area contributed by atoms with Gasteiger partial charge in [-0.1, -0.05) is 146 Å². The monoisotopic (exact) mass is 1170 g/mol. The minimum atomic E-state index is -0.437. The van der Waals surface area contributed by atoms with E-state index in [9.17, 15) is 0 Å². The van der Waals surface area contributed by atoms with Gasteiger partial charge in [0.15, 0.2) is 11.5 Å². The largest absolute Gasteiger partial charge is 0.456 e. The molecule has 0 radical (unpaired) electrons. The molecular formula is C80H36B2N6O4. The molecule has 10 aromatic heterocycles. The molecule has 0 aliphatic carbocycles. The van der Waals surface area contributed by atoms with Gasteiger partial charge < -0.3 is 36.6 Å². The molecule has 0 N–H and O–H groups in total. The molecule has 4 aliphatic rings. The summed E-state index contributed by atoms with van der Waals surface area (Å²) in [6.45, 7) is -0.873. The molecule has 0 saturated heterocycles. The first-order chi connectivity index (χ1) is 45.7. The van der Waals surface area contributed by atoms with Crippen LogP contribution < -0.4 is 51.7 Å². The van der Waals surface area contributed by atoms with Crippen LogP contribution in [0.2, 0.25) is 0 Å². The first-order valence-electron chi connectivity index (χ1n) is 31.6. The number of nitrogens with zero attached hydrogens (tertiary/aromatic N) is 6. The molecule has 26 rings (SSSR count). The van der Waals surface area contributed by atoms with Gasteiger partial charge in [-0.15, -0.1) is 0 Å². The predicted octanol–water partition coefficient (Wildman–Crippen LogP) is 15.7. The van der Waals surface area contributed by atoms with Gasteiger partial charge in [-0.05, 0) is 94.6 Å². The number of benzene rings is 12. The van der Waals surface area contributed by atoms with Crippen molar-refractivity contribution in [2.75, 3.05) is 0 Å². The second-order valence-corrected chi connectivity index (χ2v) is 26.0. The maximum Gasteiger partial charge on any atom is 0.264 e. The van der Waals surface area contributed by atoms with Crippen LogP contribution in [0.4, 0.5) is 0 Å². The van der Waals surface area contributed by atoms with E-state index >= 15 is 0 Å². The van der Waals surface area contributed by atoms with Crippen LogP contribution in [0.25, 0.3) is 163 Å². The van der Waals surface area contributed by atoms with Crippen LogP contribution in [-0.2, 0) is 0 Å². The van der Waals surface area contributed by atoms with E-state index < -0.39 is 13.4 Å². The fraction of sp³-hybridized carbons (Fsp3) is 0. The highest BCUT2D eigenvalue weighted by Crippen LogP contribution is 2.53. The van der Waals surface area contributed by atoms with E-state index in [1.165, 1.54) is 32.8 Å². The van der Waals surface area contributed by atoms with Gasteiger partial charge in [0.2, 0.25) is 11.8 Å². The summed E-state index contributed by atoms with van der Waals surface area (Å²) in [5, 5.41) is 18.4. The Hall–Kier alpha value is -12.3. The second-order valence-electron chi connectivity index (χ2n) is 26.0. The van der Waals surface area contributed by atoms with Gasteiger partial charge in [-0.3, -0.25) is 0 Å². The molecule has 22 aromatic rings. The minimum absolute atomic E-state index is 0.437. The van der Waals surface area contributed by atoms with Gasteiger partial charge in [0.1, 0.15) is 34.0 Å². The van der Waals surface area contributed by atoms with Crippen molar-refractivity contribution in [3.8, 4) is 46.3 Å². The Bertz CT molecular complexity index is 6760. The van der Waals surface area contributed by atoms with Crippen molar-refractivity contribution >= 4 is 210 Å². The number of aromatic nitrogens is 6. The normalized spacial score (nSPS) is 14.2. The molecule has 416 valence electrons. The molecule has 0 atom stereocenters. The van der Waals surface area contributed by atoms with Gasteiger partial charge in [-0.2, -0.15) is 0 Å². The van der Waals surface area contributed by atoms with Gasteiger partial charge in [0.05, 0.1) is 66.2 Å². The summed E-state index contributed by atoms with van der Waals surface area (Å²) in [6.07, 6.45) is 0. The molecule has 0 bridgehead atoms. The molecule has 0 fully saturated rings. The van der Waals surface area contributed by atoms with Crippen molar-refractivity contribution in [3.63, 3.8) is 0 Å². The van der Waals surface area contributed by atoms with E-state index in [1.807, 2.05) is 0 Å². The van der Waals surface area contributed by atoms with Crippen LogP contribution in [-0.4, -0.2) is 41.0 Å². The predicted molar refractivity (Wildman–Crippen MR) is 374 cm³/mol. The van der Waals surface area contributed by atoms with Gasteiger partial charge >= 0.3 is 0 Å². The summed E-state index contributed by atoms with van der Waals surface area (Å²) in [4.78, 5) is 11.8. The molecule has 12 heteroatoms. The summed E-state index contributed by atoms with van der Waals surface area (Å²) in [6, 6.07) is 79.7. The highest BCUT2D eigenvalue weighted by Gasteiger charge is 2.51. The average Bonchev–Trinajstić information content (AvgIpc) is 1.34. The highest BCUT2D eigenvalue weighted by molar-refractivity contribution is 7.02. The molecule has 10 nitrogen and oxygen atoms in total. The summed E-state index contributed by atoms with van der Waals surface area (Å²) in [5.41, 5.74) is 20.9. The van der Waals surface area contributed by atoms with Crippen LogP contribution in [0.5, 0.6) is 46.3 Å². The van der Waals surface area contributed by atoms with Crippen molar-refractivity contribution in [1.82, 2.24) is 27.6 Å². The number of para-hydroxylation sites is 8. The van der Waals surface area contributed by atoms with Gasteiger partial charge in [0, 0.05) is 97.1 Å². The number of pyridine rings is 2. The SMILES string of the molecule is c1ccc2c(c1)c1cc3c(c4c5ccccc5n2c14)B1c2c(nc4c5c6c(nc4c2Oc2cc4c7ccccc7n7c8ccccc8c(c21)c47)Oc1cc2c4ccccc4n4c7ccccc7c(c1B6c1c(cc6c7ccccc7n7c8ccccc8c1c67)O5)c24)O3. The Morgan fingerprint density at radius 2 is 0.467 bits per heavy atom. The van der Waals surface area contributed by atoms with Gasteiger partial charge in [0.25, 0.3) is 13.4 Å². The zero-order valence-electron chi connectivity index (χ0n) is 48.3. The summed E-state index contributed by atoms with van der Waals surface area (Å²) < 4.78 is 40.9. The Morgan fingerprint density at radius 1 is 0.239 bits per heavy atom. The van der Waals surface area contributed by atoms with E-state index in [0.29, 0.717) is 34.3 Å². The lowest BCUT2D eigenvalue weighted by molar-refractivity contribution is 0.444. The quantitative estimate of drug-likeness (QED) is 0.141. The Balaban J connectivity index is 0.844. The van der Waals surface area contributed by atoms with Crippen LogP contribution in [0.3, 0.4) is 0 Å². The fourth-order valence-electron chi connectivity index (χ4n) is 18.9. The second kappa shape index (κ2) is 14.7. The first kappa shape index (κ1) is 45.1. The lowest BCUT2D eigenvalue weighted by atomic mass is 9.33. The van der Waals surface area contributed by atoms with E-state index in [-0.39, 0.29) is 0 Å².